The van der Waals surface area contributed by atoms with Crippen molar-refractivity contribution in [2.24, 2.45) is 5.92 Å². The minimum atomic E-state index is -0.661. The summed E-state index contributed by atoms with van der Waals surface area (Å²) in [7, 11) is 0. The molecule has 1 aromatic carbocycles. The molecule has 2 amide bonds. The zero-order valence-corrected chi connectivity index (χ0v) is 15.8. The zero-order chi connectivity index (χ0) is 19.1. The van der Waals surface area contributed by atoms with Gasteiger partial charge in [-0.2, -0.15) is 0 Å². The highest BCUT2D eigenvalue weighted by Gasteiger charge is 2.35. The maximum atomic E-state index is 12.6. The van der Waals surface area contributed by atoms with E-state index in [9.17, 15) is 9.59 Å². The molecule has 0 heterocycles. The third-order valence-corrected chi connectivity index (χ3v) is 3.99. The van der Waals surface area contributed by atoms with E-state index in [-0.39, 0.29) is 24.2 Å². The molecule has 142 valence electrons. The molecule has 0 saturated carbocycles. The highest BCUT2D eigenvalue weighted by Crippen LogP contribution is 2.27. The van der Waals surface area contributed by atoms with Gasteiger partial charge in [-0.3, -0.25) is 0 Å². The van der Waals surface area contributed by atoms with E-state index in [4.69, 9.17) is 9.47 Å². The summed E-state index contributed by atoms with van der Waals surface area (Å²) < 4.78 is 10.4. The molecule has 6 heteroatoms. The number of hydrogen-bond donors (Lipinski definition) is 1. The maximum Gasteiger partial charge on any atom is 0.429 e. The van der Waals surface area contributed by atoms with Gasteiger partial charge in [0.15, 0.2) is 0 Å². The van der Waals surface area contributed by atoms with Crippen LogP contribution in [-0.2, 0) is 15.9 Å². The first-order valence-corrected chi connectivity index (χ1v) is 9.04. The summed E-state index contributed by atoms with van der Waals surface area (Å²) in [6.07, 6.45) is 3.74. The first kappa shape index (κ1) is 19.8. The fourth-order valence-corrected chi connectivity index (χ4v) is 2.94. The van der Waals surface area contributed by atoms with Gasteiger partial charge < -0.3 is 9.47 Å². The van der Waals surface area contributed by atoms with Gasteiger partial charge in [-0.05, 0) is 46.1 Å². The van der Waals surface area contributed by atoms with Gasteiger partial charge in [-0.15, -0.1) is 0 Å². The monoisotopic (exact) mass is 360 g/mol. The van der Waals surface area contributed by atoms with Crippen molar-refractivity contribution in [1.29, 1.82) is 0 Å². The second-order valence-electron chi connectivity index (χ2n) is 6.95. The lowest BCUT2D eigenvalue weighted by Crippen LogP contribution is -2.54. The maximum absolute atomic E-state index is 12.6. The van der Waals surface area contributed by atoms with Crippen molar-refractivity contribution in [3.8, 4) is 0 Å². The number of nitrogens with one attached hydrogen (secondary N) is 1. The Balaban J connectivity index is 2.14. The van der Waals surface area contributed by atoms with Gasteiger partial charge in [0.2, 0.25) is 0 Å². The molecular formula is C20H28N2O4. The van der Waals surface area contributed by atoms with E-state index >= 15 is 0 Å². The number of carbonyl (C=O) groups is 2. The molecular weight excluding hydrogens is 332 g/mol. The van der Waals surface area contributed by atoms with Gasteiger partial charge in [0, 0.05) is 5.92 Å². The van der Waals surface area contributed by atoms with Gasteiger partial charge >= 0.3 is 12.2 Å². The van der Waals surface area contributed by atoms with Gasteiger partial charge in [0.25, 0.3) is 0 Å². The minimum Gasteiger partial charge on any atom is -0.446 e. The average molecular weight is 360 g/mol. The summed E-state index contributed by atoms with van der Waals surface area (Å²) >= 11 is 0. The standard InChI is InChI=1S/C20H28N2O4/c1-14(2)25-19(23)21-22(20(24)26-15(3)4)18-12-8-11-17(18)13-16-9-6-5-7-10-16/h5-11,14-15,17-18H,12-13H2,1-4H3,(H,21,23)/t17-,18+/m1/s1. The van der Waals surface area contributed by atoms with Crippen LogP contribution in [0.2, 0.25) is 0 Å². The predicted octanol–water partition coefficient (Wildman–Crippen LogP) is 4.07. The minimum absolute atomic E-state index is 0.0801. The van der Waals surface area contributed by atoms with Crippen LogP contribution in [0.4, 0.5) is 9.59 Å². The van der Waals surface area contributed by atoms with E-state index in [0.29, 0.717) is 6.42 Å². The number of hydrogen-bond acceptors (Lipinski definition) is 4. The second kappa shape index (κ2) is 9.27. The second-order valence-corrected chi connectivity index (χ2v) is 6.95. The molecule has 0 aliphatic heterocycles. The number of amides is 2. The number of rotatable bonds is 5. The van der Waals surface area contributed by atoms with Crippen LogP contribution < -0.4 is 5.43 Å². The van der Waals surface area contributed by atoms with Crippen LogP contribution in [-0.4, -0.2) is 35.4 Å². The Hall–Kier alpha value is -2.50. The molecule has 0 unspecified atom stereocenters. The number of hydrazine groups is 1. The number of ether oxygens (including phenoxy) is 2. The van der Waals surface area contributed by atoms with Crippen molar-refractivity contribution < 1.29 is 19.1 Å². The molecule has 0 spiro atoms. The lowest BCUT2D eigenvalue weighted by molar-refractivity contribution is 0.0261. The summed E-state index contributed by atoms with van der Waals surface area (Å²) in [4.78, 5) is 24.6. The number of nitrogens with zero attached hydrogens (tertiary/aromatic N) is 1. The molecule has 1 N–H and O–H groups in total. The van der Waals surface area contributed by atoms with Gasteiger partial charge in [-0.1, -0.05) is 42.5 Å². The zero-order valence-electron chi connectivity index (χ0n) is 15.8. The van der Waals surface area contributed by atoms with Crippen LogP contribution in [0, 0.1) is 5.92 Å². The third kappa shape index (κ3) is 5.79. The largest absolute Gasteiger partial charge is 0.446 e. The summed E-state index contributed by atoms with van der Waals surface area (Å²) in [6.45, 7) is 7.06. The molecule has 0 saturated heterocycles. The van der Waals surface area contributed by atoms with Crippen molar-refractivity contribution >= 4 is 12.2 Å². The summed E-state index contributed by atoms with van der Waals surface area (Å²) in [5.74, 6) is 0.0801. The Kier molecular flexibility index (Phi) is 7.06. The van der Waals surface area contributed by atoms with Crippen molar-refractivity contribution in [3.63, 3.8) is 0 Å². The lowest BCUT2D eigenvalue weighted by atomic mass is 9.95. The Labute approximate surface area is 155 Å². The molecule has 1 aromatic rings. The van der Waals surface area contributed by atoms with E-state index in [1.165, 1.54) is 10.6 Å². The quantitative estimate of drug-likeness (QED) is 0.635. The van der Waals surface area contributed by atoms with Crippen LogP contribution in [0.15, 0.2) is 42.5 Å². The van der Waals surface area contributed by atoms with E-state index in [1.54, 1.807) is 27.7 Å². The van der Waals surface area contributed by atoms with E-state index < -0.39 is 12.2 Å². The van der Waals surface area contributed by atoms with Gasteiger partial charge in [0.1, 0.15) is 0 Å². The third-order valence-electron chi connectivity index (χ3n) is 3.99. The van der Waals surface area contributed by atoms with Crippen LogP contribution in [0.5, 0.6) is 0 Å². The van der Waals surface area contributed by atoms with E-state index in [0.717, 1.165) is 6.42 Å². The fraction of sp³-hybridized carbons (Fsp3) is 0.500. The summed E-state index contributed by atoms with van der Waals surface area (Å²) in [6, 6.07) is 9.85. The lowest BCUT2D eigenvalue weighted by Gasteiger charge is -2.32. The predicted molar refractivity (Wildman–Crippen MR) is 99.4 cm³/mol. The normalized spacial score (nSPS) is 18.8. The van der Waals surface area contributed by atoms with E-state index in [1.807, 2.05) is 24.3 Å². The topological polar surface area (TPSA) is 67.9 Å². The van der Waals surface area contributed by atoms with Crippen molar-refractivity contribution in [1.82, 2.24) is 10.4 Å². The van der Waals surface area contributed by atoms with E-state index in [2.05, 4.69) is 23.6 Å². The van der Waals surface area contributed by atoms with Crippen molar-refractivity contribution in [3.05, 3.63) is 48.0 Å². The molecule has 26 heavy (non-hydrogen) atoms. The van der Waals surface area contributed by atoms with Crippen LogP contribution >= 0.6 is 0 Å². The van der Waals surface area contributed by atoms with Crippen molar-refractivity contribution in [2.75, 3.05) is 0 Å². The number of benzene rings is 1. The fourth-order valence-electron chi connectivity index (χ4n) is 2.94. The smallest absolute Gasteiger partial charge is 0.429 e. The number of carbonyl (C=O) groups excluding carboxylic acids is 2. The Morgan fingerprint density at radius 3 is 2.38 bits per heavy atom. The van der Waals surface area contributed by atoms with Gasteiger partial charge in [0.05, 0.1) is 18.2 Å². The first-order chi connectivity index (χ1) is 12.4. The molecule has 0 fully saturated rings. The Bertz CT molecular complexity index is 628. The SMILES string of the molecule is CC(C)OC(=O)NN(C(=O)OC(C)C)[C@H]1CC=C[C@@H]1Cc1ccccc1. The molecule has 0 aromatic heterocycles. The highest BCUT2D eigenvalue weighted by atomic mass is 16.6. The highest BCUT2D eigenvalue weighted by molar-refractivity contribution is 5.74. The average Bonchev–Trinajstić information content (AvgIpc) is 3.00. The molecule has 1 aliphatic rings. The molecule has 2 atom stereocenters. The summed E-state index contributed by atoms with van der Waals surface area (Å²) in [5, 5.41) is 1.28. The molecule has 6 nitrogen and oxygen atoms in total. The first-order valence-electron chi connectivity index (χ1n) is 9.04. The molecule has 1 aliphatic carbocycles. The van der Waals surface area contributed by atoms with Crippen molar-refractivity contribution in [2.45, 2.75) is 58.8 Å². The van der Waals surface area contributed by atoms with Crippen LogP contribution in [0.25, 0.3) is 0 Å². The Morgan fingerprint density at radius 1 is 1.12 bits per heavy atom. The van der Waals surface area contributed by atoms with Crippen LogP contribution in [0.1, 0.15) is 39.7 Å². The van der Waals surface area contributed by atoms with Crippen LogP contribution in [0.3, 0.4) is 0 Å². The molecule has 0 radical (unpaired) electrons. The molecule has 2 rings (SSSR count). The molecule has 0 bridgehead atoms. The Morgan fingerprint density at radius 2 is 1.77 bits per heavy atom. The van der Waals surface area contributed by atoms with Gasteiger partial charge in [-0.25, -0.2) is 20.0 Å². The summed E-state index contributed by atoms with van der Waals surface area (Å²) in [5.41, 5.74) is 3.75.